The highest BCUT2D eigenvalue weighted by Gasteiger charge is 2.28. The average molecular weight is 488 g/mol. The Kier molecular flexibility index (Phi) is 4.74. The number of hydrogen-bond donors (Lipinski definition) is 0. The fourth-order valence-corrected chi connectivity index (χ4v) is 5.18. The molecule has 1 fully saturated rings. The summed E-state index contributed by atoms with van der Waals surface area (Å²) in [6.07, 6.45) is 4.58. The molecule has 36 heavy (non-hydrogen) atoms. The molecule has 0 saturated carbocycles. The number of hydrogen-bond acceptors (Lipinski definition) is 4. The molecule has 0 atom stereocenters. The maximum absolute atomic E-state index is 15.5. The van der Waals surface area contributed by atoms with E-state index < -0.39 is 0 Å². The average Bonchev–Trinajstić information content (AvgIpc) is 3.43. The van der Waals surface area contributed by atoms with E-state index in [-0.39, 0.29) is 16.9 Å². The Morgan fingerprint density at radius 1 is 0.972 bits per heavy atom. The van der Waals surface area contributed by atoms with Gasteiger partial charge in [-0.25, -0.2) is 14.2 Å². The first kappa shape index (κ1) is 22.6. The van der Waals surface area contributed by atoms with E-state index in [1.54, 1.807) is 45.4 Å². The van der Waals surface area contributed by atoms with Crippen molar-refractivity contribution >= 4 is 27.8 Å². The highest BCUT2D eigenvalue weighted by atomic mass is 19.1. The van der Waals surface area contributed by atoms with Crippen LogP contribution in [0.2, 0.25) is 0 Å². The Bertz CT molecular complexity index is 1720. The molecule has 0 aliphatic carbocycles. The van der Waals surface area contributed by atoms with Crippen LogP contribution >= 0.6 is 0 Å². The van der Waals surface area contributed by atoms with Crippen molar-refractivity contribution in [2.75, 3.05) is 18.0 Å². The van der Waals surface area contributed by atoms with Crippen LogP contribution in [0.15, 0.2) is 41.5 Å². The zero-order chi connectivity index (χ0) is 25.5. The zero-order valence-corrected chi connectivity index (χ0v) is 21.5. The van der Waals surface area contributed by atoms with Gasteiger partial charge in [-0.1, -0.05) is 20.8 Å². The Labute approximate surface area is 208 Å². The smallest absolute Gasteiger partial charge is 0.328 e. The molecule has 5 aromatic rings. The molecule has 1 aliphatic heterocycles. The summed E-state index contributed by atoms with van der Waals surface area (Å²) in [5.41, 5.74) is 5.87. The lowest BCUT2D eigenvalue weighted by Crippen LogP contribution is -2.37. The second-order valence-electron chi connectivity index (χ2n) is 10.8. The minimum absolute atomic E-state index is 0.0670. The number of rotatable bonds is 3. The summed E-state index contributed by atoms with van der Waals surface area (Å²) < 4.78 is 22.6. The molecule has 8 nitrogen and oxygen atoms in total. The molecule has 0 unspecified atom stereocenters. The first-order valence-corrected chi connectivity index (χ1v) is 12.2. The van der Waals surface area contributed by atoms with Gasteiger partial charge in [0.05, 0.1) is 39.6 Å². The fraction of sp³-hybridized carbons (Fsp3) is 0.370. The lowest BCUT2D eigenvalue weighted by molar-refractivity contribution is 0.539. The van der Waals surface area contributed by atoms with Gasteiger partial charge in [0.25, 0.3) is 0 Å². The van der Waals surface area contributed by atoms with Crippen molar-refractivity contribution in [2.45, 2.75) is 32.6 Å². The lowest BCUT2D eigenvalue weighted by Gasteiger charge is -2.34. The molecule has 0 radical (unpaired) electrons. The van der Waals surface area contributed by atoms with Crippen LogP contribution in [-0.2, 0) is 26.6 Å². The van der Waals surface area contributed by atoms with Gasteiger partial charge in [0.2, 0.25) is 0 Å². The number of aromatic nitrogens is 6. The van der Waals surface area contributed by atoms with Gasteiger partial charge in [0, 0.05) is 63.0 Å². The first-order chi connectivity index (χ1) is 17.0. The van der Waals surface area contributed by atoms with Crippen LogP contribution in [0.3, 0.4) is 0 Å². The molecular weight excluding hydrogens is 457 g/mol. The second kappa shape index (κ2) is 7.56. The number of benzene rings is 2. The fourth-order valence-electron chi connectivity index (χ4n) is 5.18. The number of halogens is 1. The molecule has 9 heteroatoms. The van der Waals surface area contributed by atoms with Crippen LogP contribution in [0.5, 0.6) is 0 Å². The third-order valence-electron chi connectivity index (χ3n) is 7.21. The van der Waals surface area contributed by atoms with E-state index in [1.807, 2.05) is 24.7 Å². The minimum atomic E-state index is -0.326. The van der Waals surface area contributed by atoms with Crippen molar-refractivity contribution in [3.63, 3.8) is 0 Å². The summed E-state index contributed by atoms with van der Waals surface area (Å²) >= 11 is 0. The van der Waals surface area contributed by atoms with Crippen molar-refractivity contribution in [3.8, 4) is 16.8 Å². The van der Waals surface area contributed by atoms with Crippen LogP contribution in [0.4, 0.5) is 10.1 Å². The topological polar surface area (TPSA) is 65.8 Å². The third kappa shape index (κ3) is 3.22. The van der Waals surface area contributed by atoms with E-state index in [4.69, 9.17) is 4.98 Å². The van der Waals surface area contributed by atoms with Gasteiger partial charge in [-0.05, 0) is 24.6 Å². The Balaban J connectivity index is 1.67. The van der Waals surface area contributed by atoms with Crippen molar-refractivity contribution in [2.24, 2.45) is 21.1 Å². The maximum Gasteiger partial charge on any atom is 0.328 e. The van der Waals surface area contributed by atoms with E-state index in [2.05, 4.69) is 36.8 Å². The maximum atomic E-state index is 15.5. The molecule has 6 rings (SSSR count). The summed E-state index contributed by atoms with van der Waals surface area (Å²) in [5.74, 6) is 0.503. The number of fused-ring (bicyclic) bond motifs is 2. The largest absolute Gasteiger partial charge is 0.370 e. The van der Waals surface area contributed by atoms with Gasteiger partial charge in [0.1, 0.15) is 11.6 Å². The third-order valence-corrected chi connectivity index (χ3v) is 7.21. The van der Waals surface area contributed by atoms with Crippen LogP contribution in [0.1, 0.15) is 33.0 Å². The molecule has 2 aromatic carbocycles. The molecule has 0 bridgehead atoms. The van der Waals surface area contributed by atoms with E-state index in [9.17, 15) is 4.79 Å². The van der Waals surface area contributed by atoms with E-state index in [1.165, 1.54) is 0 Å². The van der Waals surface area contributed by atoms with Gasteiger partial charge in [0.15, 0.2) is 0 Å². The monoisotopic (exact) mass is 487 g/mol. The summed E-state index contributed by atoms with van der Waals surface area (Å²) in [6.45, 7) is 8.21. The second-order valence-corrected chi connectivity index (χ2v) is 10.8. The van der Waals surface area contributed by atoms with Crippen molar-refractivity contribution < 1.29 is 4.39 Å². The number of nitrogens with zero attached hydrogens (tertiary/aromatic N) is 7. The zero-order valence-electron chi connectivity index (χ0n) is 21.5. The number of aryl methyl sites for hydroxylation is 3. The Morgan fingerprint density at radius 2 is 1.72 bits per heavy atom. The van der Waals surface area contributed by atoms with Gasteiger partial charge in [-0.15, -0.1) is 0 Å². The van der Waals surface area contributed by atoms with E-state index in [0.717, 1.165) is 47.7 Å². The van der Waals surface area contributed by atoms with Gasteiger partial charge < -0.3 is 4.90 Å². The van der Waals surface area contributed by atoms with Gasteiger partial charge in [-0.3, -0.25) is 18.4 Å². The molecule has 0 spiro atoms. The standard InChI is InChI=1S/C27H30FN7O/c1-27(2,3)25-30-20-12-18(16-14-29-31(4)15-16)19(28)13-21(20)35(25)17-10-22-24(33(6)26(36)32(22)5)23(11-17)34-8-7-9-34/h10-15H,7-9H2,1-6H3. The summed E-state index contributed by atoms with van der Waals surface area (Å²) in [5, 5.41) is 4.20. The van der Waals surface area contributed by atoms with Crippen LogP contribution in [0.25, 0.3) is 38.9 Å². The summed E-state index contributed by atoms with van der Waals surface area (Å²) in [6, 6.07) is 7.51. The minimum Gasteiger partial charge on any atom is -0.370 e. The summed E-state index contributed by atoms with van der Waals surface area (Å²) in [4.78, 5) is 20.2. The number of anilines is 1. The highest BCUT2D eigenvalue weighted by Crippen LogP contribution is 2.37. The molecule has 3 aromatic heterocycles. The SMILES string of the molecule is Cn1cc(-c2cc3nc(C(C)(C)C)n(-c4cc(N5CCC5)c5c(c4)n(C)c(=O)n5C)c3cc2F)cn1. The van der Waals surface area contributed by atoms with E-state index in [0.29, 0.717) is 22.2 Å². The van der Waals surface area contributed by atoms with Crippen LogP contribution in [0, 0.1) is 5.82 Å². The number of imidazole rings is 2. The highest BCUT2D eigenvalue weighted by molar-refractivity contribution is 5.93. The van der Waals surface area contributed by atoms with Gasteiger partial charge >= 0.3 is 5.69 Å². The Hall–Kier alpha value is -3.88. The first-order valence-electron chi connectivity index (χ1n) is 12.2. The van der Waals surface area contributed by atoms with Crippen LogP contribution < -0.4 is 10.6 Å². The predicted molar refractivity (Wildman–Crippen MR) is 140 cm³/mol. The van der Waals surface area contributed by atoms with Crippen molar-refractivity contribution in [3.05, 3.63) is 58.8 Å². The predicted octanol–water partition coefficient (Wildman–Crippen LogP) is 4.26. The molecule has 1 aliphatic rings. The molecule has 1 saturated heterocycles. The quantitative estimate of drug-likeness (QED) is 0.381. The molecule has 0 amide bonds. The molecular formula is C27H30FN7O. The van der Waals surface area contributed by atoms with Crippen molar-refractivity contribution in [1.82, 2.24) is 28.5 Å². The lowest BCUT2D eigenvalue weighted by atomic mass is 9.95. The summed E-state index contributed by atoms with van der Waals surface area (Å²) in [7, 11) is 5.43. The molecule has 0 N–H and O–H groups in total. The van der Waals surface area contributed by atoms with Crippen molar-refractivity contribution in [1.29, 1.82) is 0 Å². The Morgan fingerprint density at radius 3 is 2.33 bits per heavy atom. The van der Waals surface area contributed by atoms with E-state index >= 15 is 4.39 Å². The van der Waals surface area contributed by atoms with Gasteiger partial charge in [-0.2, -0.15) is 5.10 Å². The molecule has 4 heterocycles. The molecule has 186 valence electrons. The normalized spacial score (nSPS) is 14.2. The van der Waals surface area contributed by atoms with Crippen LogP contribution in [-0.4, -0.2) is 41.6 Å².